The van der Waals surface area contributed by atoms with E-state index in [-0.39, 0.29) is 0 Å². The Labute approximate surface area is 120 Å². The first-order valence-electron chi connectivity index (χ1n) is 7.43. The van der Waals surface area contributed by atoms with Crippen LogP contribution >= 0.6 is 0 Å². The molecule has 2 heterocycles. The first-order valence-corrected chi connectivity index (χ1v) is 7.43. The minimum atomic E-state index is 0.369. The molecule has 20 heavy (non-hydrogen) atoms. The van der Waals surface area contributed by atoms with Crippen molar-refractivity contribution in [2.75, 3.05) is 18.0 Å². The molecular weight excluding hydrogens is 246 g/mol. The summed E-state index contributed by atoms with van der Waals surface area (Å²) in [6, 6.07) is 10.4. The van der Waals surface area contributed by atoms with Gasteiger partial charge in [-0.1, -0.05) is 32.0 Å². The fourth-order valence-corrected chi connectivity index (χ4v) is 3.18. The second kappa shape index (κ2) is 5.06. The number of rotatable bonds is 2. The van der Waals surface area contributed by atoms with E-state index in [1.807, 2.05) is 12.1 Å². The molecule has 0 saturated carbocycles. The second-order valence-corrected chi connectivity index (χ2v) is 6.55. The lowest BCUT2D eigenvalue weighted by atomic mass is 9.84. The van der Waals surface area contributed by atoms with E-state index in [2.05, 4.69) is 36.9 Å². The fraction of sp³-hybridized carbons (Fsp3) is 0.471. The van der Waals surface area contributed by atoms with Crippen LogP contribution in [0.4, 0.5) is 5.82 Å². The molecule has 0 radical (unpaired) electrons. The summed E-state index contributed by atoms with van der Waals surface area (Å²) in [6.45, 7) is 7.41. The summed E-state index contributed by atoms with van der Waals surface area (Å²) in [5.41, 5.74) is 8.53. The van der Waals surface area contributed by atoms with Gasteiger partial charge >= 0.3 is 0 Å². The maximum atomic E-state index is 5.92. The quantitative estimate of drug-likeness (QED) is 0.909. The number of pyridine rings is 1. The van der Waals surface area contributed by atoms with Crippen molar-refractivity contribution in [3.05, 3.63) is 35.9 Å². The Morgan fingerprint density at radius 3 is 2.85 bits per heavy atom. The summed E-state index contributed by atoms with van der Waals surface area (Å²) in [7, 11) is 0. The molecule has 0 spiro atoms. The van der Waals surface area contributed by atoms with Gasteiger partial charge in [-0.15, -0.1) is 0 Å². The lowest BCUT2D eigenvalue weighted by Crippen LogP contribution is -2.40. The summed E-state index contributed by atoms with van der Waals surface area (Å²) in [6.07, 6.45) is 2.53. The van der Waals surface area contributed by atoms with Crippen molar-refractivity contribution >= 4 is 16.7 Å². The molecule has 3 heteroatoms. The predicted molar refractivity (Wildman–Crippen MR) is 84.9 cm³/mol. The minimum Gasteiger partial charge on any atom is -0.356 e. The smallest absolute Gasteiger partial charge is 0.129 e. The molecule has 1 aliphatic rings. The van der Waals surface area contributed by atoms with Gasteiger partial charge in [0.2, 0.25) is 0 Å². The molecular formula is C17H23N3. The molecule has 0 bridgehead atoms. The first kappa shape index (κ1) is 13.4. The molecule has 1 aliphatic heterocycles. The number of para-hydroxylation sites is 1. The molecule has 1 aromatic carbocycles. The van der Waals surface area contributed by atoms with Crippen molar-refractivity contribution in [2.45, 2.75) is 33.2 Å². The predicted octanol–water partition coefficient (Wildman–Crippen LogP) is 3.32. The van der Waals surface area contributed by atoms with Crippen LogP contribution in [-0.2, 0) is 6.54 Å². The third kappa shape index (κ3) is 2.50. The molecule has 0 atom stereocenters. The van der Waals surface area contributed by atoms with E-state index in [1.54, 1.807) is 0 Å². The van der Waals surface area contributed by atoms with Gasteiger partial charge in [-0.05, 0) is 36.0 Å². The third-order valence-electron chi connectivity index (χ3n) is 4.23. The van der Waals surface area contributed by atoms with Crippen LogP contribution < -0.4 is 10.6 Å². The van der Waals surface area contributed by atoms with E-state index >= 15 is 0 Å². The molecule has 3 rings (SSSR count). The zero-order valence-corrected chi connectivity index (χ0v) is 12.4. The van der Waals surface area contributed by atoms with Gasteiger partial charge in [-0.2, -0.15) is 0 Å². The average molecular weight is 269 g/mol. The topological polar surface area (TPSA) is 42.1 Å². The molecule has 1 saturated heterocycles. The third-order valence-corrected chi connectivity index (χ3v) is 4.23. The number of piperidine rings is 1. The van der Waals surface area contributed by atoms with Crippen LogP contribution in [0.1, 0.15) is 32.3 Å². The highest BCUT2D eigenvalue weighted by atomic mass is 15.2. The van der Waals surface area contributed by atoms with Gasteiger partial charge in [0.05, 0.1) is 5.52 Å². The summed E-state index contributed by atoms with van der Waals surface area (Å²) < 4.78 is 0. The van der Waals surface area contributed by atoms with Gasteiger partial charge in [-0.3, -0.25) is 0 Å². The monoisotopic (exact) mass is 269 g/mol. The van der Waals surface area contributed by atoms with E-state index < -0.39 is 0 Å². The van der Waals surface area contributed by atoms with Gasteiger partial charge in [0.15, 0.2) is 0 Å². The van der Waals surface area contributed by atoms with E-state index in [0.29, 0.717) is 12.0 Å². The zero-order chi connectivity index (χ0) is 14.2. The summed E-state index contributed by atoms with van der Waals surface area (Å²) >= 11 is 0. The molecule has 1 fully saturated rings. The van der Waals surface area contributed by atoms with Gasteiger partial charge < -0.3 is 10.6 Å². The molecule has 106 valence electrons. The number of fused-ring (bicyclic) bond motifs is 1. The Kier molecular flexibility index (Phi) is 3.38. The van der Waals surface area contributed by atoms with E-state index in [1.165, 1.54) is 23.8 Å². The summed E-state index contributed by atoms with van der Waals surface area (Å²) in [5, 5.41) is 1.18. The fourth-order valence-electron chi connectivity index (χ4n) is 3.18. The van der Waals surface area contributed by atoms with Crippen LogP contribution in [0.15, 0.2) is 30.3 Å². The lowest BCUT2D eigenvalue weighted by Gasteiger charge is -2.39. The highest BCUT2D eigenvalue weighted by Crippen LogP contribution is 2.32. The molecule has 1 aromatic heterocycles. The van der Waals surface area contributed by atoms with E-state index in [0.717, 1.165) is 24.4 Å². The number of hydrogen-bond donors (Lipinski definition) is 1. The molecule has 0 amide bonds. The van der Waals surface area contributed by atoms with Crippen molar-refractivity contribution in [2.24, 2.45) is 11.1 Å². The summed E-state index contributed by atoms with van der Waals surface area (Å²) in [5.74, 6) is 1.08. The number of hydrogen-bond acceptors (Lipinski definition) is 3. The van der Waals surface area contributed by atoms with Crippen LogP contribution in [0.2, 0.25) is 0 Å². The first-order chi connectivity index (χ1) is 9.59. The molecule has 0 aliphatic carbocycles. The van der Waals surface area contributed by atoms with E-state index in [9.17, 15) is 0 Å². The minimum absolute atomic E-state index is 0.369. The van der Waals surface area contributed by atoms with Crippen molar-refractivity contribution in [3.63, 3.8) is 0 Å². The average Bonchev–Trinajstić information content (AvgIpc) is 2.45. The Hall–Kier alpha value is -1.61. The van der Waals surface area contributed by atoms with Crippen LogP contribution in [0, 0.1) is 5.41 Å². The van der Waals surface area contributed by atoms with Crippen LogP contribution in [-0.4, -0.2) is 18.1 Å². The molecule has 0 unspecified atom stereocenters. The molecule has 2 N–H and O–H groups in total. The Bertz CT molecular complexity index is 619. The van der Waals surface area contributed by atoms with Crippen LogP contribution in [0.5, 0.6) is 0 Å². The normalized spacial score (nSPS) is 18.4. The number of anilines is 1. The summed E-state index contributed by atoms with van der Waals surface area (Å²) in [4.78, 5) is 7.26. The van der Waals surface area contributed by atoms with Crippen LogP contribution in [0.25, 0.3) is 10.9 Å². The Balaban J connectivity index is 2.03. The van der Waals surface area contributed by atoms with Crippen molar-refractivity contribution in [1.82, 2.24) is 4.98 Å². The van der Waals surface area contributed by atoms with Crippen molar-refractivity contribution < 1.29 is 0 Å². The van der Waals surface area contributed by atoms with Gasteiger partial charge in [0.1, 0.15) is 5.82 Å². The van der Waals surface area contributed by atoms with E-state index in [4.69, 9.17) is 10.7 Å². The lowest BCUT2D eigenvalue weighted by molar-refractivity contribution is 0.292. The molecule has 2 aromatic rings. The largest absolute Gasteiger partial charge is 0.356 e. The maximum absolute atomic E-state index is 5.92. The van der Waals surface area contributed by atoms with Gasteiger partial charge in [-0.25, -0.2) is 4.98 Å². The second-order valence-electron chi connectivity index (χ2n) is 6.55. The zero-order valence-electron chi connectivity index (χ0n) is 12.4. The highest BCUT2D eigenvalue weighted by Gasteiger charge is 2.27. The Morgan fingerprint density at radius 1 is 1.30 bits per heavy atom. The maximum Gasteiger partial charge on any atom is 0.129 e. The number of aromatic nitrogens is 1. The SMILES string of the molecule is CC1(C)CCCN(c2cc(CN)c3ccccc3n2)C1. The van der Waals surface area contributed by atoms with Crippen molar-refractivity contribution in [1.29, 1.82) is 0 Å². The highest BCUT2D eigenvalue weighted by molar-refractivity contribution is 5.84. The van der Waals surface area contributed by atoms with Gasteiger partial charge in [0.25, 0.3) is 0 Å². The standard InChI is InChI=1S/C17H23N3/c1-17(2)8-5-9-20(12-17)16-10-13(11-18)14-6-3-4-7-15(14)19-16/h3-4,6-7,10H,5,8-9,11-12,18H2,1-2H3. The van der Waals surface area contributed by atoms with Gasteiger partial charge in [0, 0.05) is 25.0 Å². The number of nitrogens with zero attached hydrogens (tertiary/aromatic N) is 2. The number of benzene rings is 1. The van der Waals surface area contributed by atoms with Crippen molar-refractivity contribution in [3.8, 4) is 0 Å². The molecule has 3 nitrogen and oxygen atoms in total. The Morgan fingerprint density at radius 2 is 2.10 bits per heavy atom. The number of nitrogens with two attached hydrogens (primary N) is 1. The van der Waals surface area contributed by atoms with Crippen LogP contribution in [0.3, 0.4) is 0 Å².